The molecule has 3 rings (SSSR count). The summed E-state index contributed by atoms with van der Waals surface area (Å²) in [6, 6.07) is 6.12. The zero-order valence-electron chi connectivity index (χ0n) is 11.1. The molecule has 1 aromatic rings. The first-order chi connectivity index (χ1) is 8.74. The summed E-state index contributed by atoms with van der Waals surface area (Å²) in [7, 11) is 0. The van der Waals surface area contributed by atoms with E-state index in [1.54, 1.807) is 0 Å². The molecule has 1 aromatic heterocycles. The van der Waals surface area contributed by atoms with Crippen LogP contribution in [-0.2, 0) is 0 Å². The summed E-state index contributed by atoms with van der Waals surface area (Å²) >= 11 is 6.64. The average Bonchev–Trinajstić information content (AvgIpc) is 3.01. The van der Waals surface area contributed by atoms with Gasteiger partial charge in [0.25, 0.3) is 0 Å². The fourth-order valence-corrected chi connectivity index (χ4v) is 4.35. The molecule has 1 nitrogen and oxygen atoms in total. The lowest BCUT2D eigenvalue weighted by Crippen LogP contribution is -2.19. The van der Waals surface area contributed by atoms with Gasteiger partial charge in [-0.2, -0.15) is 0 Å². The smallest absolute Gasteiger partial charge is 0.0446 e. The highest BCUT2D eigenvalue weighted by Gasteiger charge is 2.40. The van der Waals surface area contributed by atoms with E-state index in [1.165, 1.54) is 32.1 Å². The number of pyridine rings is 1. The maximum Gasteiger partial charge on any atom is 0.0446 e. The van der Waals surface area contributed by atoms with Crippen molar-refractivity contribution in [2.45, 2.75) is 50.3 Å². The van der Waals surface area contributed by atoms with Crippen molar-refractivity contribution in [1.82, 2.24) is 4.98 Å². The molecule has 2 heteroatoms. The molecule has 0 radical (unpaired) electrons. The molecule has 1 heterocycles. The van der Waals surface area contributed by atoms with Crippen molar-refractivity contribution in [3.8, 4) is 0 Å². The Hall–Kier alpha value is -0.560. The van der Waals surface area contributed by atoms with Crippen molar-refractivity contribution in [2.75, 3.05) is 0 Å². The van der Waals surface area contributed by atoms with Gasteiger partial charge in [-0.1, -0.05) is 19.4 Å². The monoisotopic (exact) mass is 263 g/mol. The molecule has 0 aromatic carbocycles. The van der Waals surface area contributed by atoms with E-state index in [2.05, 4.69) is 24.0 Å². The Bertz CT molecular complexity index is 391. The van der Waals surface area contributed by atoms with Gasteiger partial charge in [-0.25, -0.2) is 0 Å². The Morgan fingerprint density at radius 2 is 2.22 bits per heavy atom. The van der Waals surface area contributed by atoms with Crippen molar-refractivity contribution >= 4 is 11.6 Å². The van der Waals surface area contributed by atoms with Crippen LogP contribution in [-0.4, -0.2) is 10.4 Å². The van der Waals surface area contributed by atoms with E-state index >= 15 is 0 Å². The van der Waals surface area contributed by atoms with Gasteiger partial charge in [0, 0.05) is 23.2 Å². The molecule has 2 aliphatic carbocycles. The van der Waals surface area contributed by atoms with Crippen molar-refractivity contribution in [3.63, 3.8) is 0 Å². The number of alkyl halides is 1. The number of hydrogen-bond donors (Lipinski definition) is 0. The summed E-state index contributed by atoms with van der Waals surface area (Å²) in [6.45, 7) is 2.22. The molecule has 0 amide bonds. The van der Waals surface area contributed by atoms with Gasteiger partial charge < -0.3 is 0 Å². The Labute approximate surface area is 115 Å². The molecule has 0 saturated heterocycles. The summed E-state index contributed by atoms with van der Waals surface area (Å²) in [5.41, 5.74) is 1.14. The van der Waals surface area contributed by atoms with E-state index in [0.717, 1.165) is 23.4 Å². The van der Waals surface area contributed by atoms with Gasteiger partial charge in [0.05, 0.1) is 0 Å². The minimum atomic E-state index is 0.240. The van der Waals surface area contributed by atoms with E-state index in [4.69, 9.17) is 11.6 Å². The quantitative estimate of drug-likeness (QED) is 0.723. The summed E-state index contributed by atoms with van der Waals surface area (Å²) < 4.78 is 0. The lowest BCUT2D eigenvalue weighted by molar-refractivity contribution is 0.304. The molecule has 5 unspecified atom stereocenters. The van der Waals surface area contributed by atoms with Crippen LogP contribution in [0.5, 0.6) is 0 Å². The molecule has 2 aliphatic rings. The largest absolute Gasteiger partial charge is 0.261 e. The van der Waals surface area contributed by atoms with Crippen LogP contribution in [0.3, 0.4) is 0 Å². The number of fused-ring (bicyclic) bond motifs is 2. The molecule has 2 bridgehead atoms. The molecular weight excluding hydrogens is 242 g/mol. The van der Waals surface area contributed by atoms with Gasteiger partial charge in [-0.05, 0) is 55.6 Å². The van der Waals surface area contributed by atoms with Crippen LogP contribution >= 0.6 is 11.6 Å². The maximum atomic E-state index is 6.64. The van der Waals surface area contributed by atoms with E-state index in [1.807, 2.05) is 12.3 Å². The van der Waals surface area contributed by atoms with Crippen LogP contribution in [0, 0.1) is 17.8 Å². The minimum Gasteiger partial charge on any atom is -0.261 e. The number of nitrogens with zero attached hydrogens (tertiary/aromatic N) is 1. The van der Waals surface area contributed by atoms with Crippen LogP contribution in [0.15, 0.2) is 24.4 Å². The number of rotatable bonds is 4. The zero-order valence-corrected chi connectivity index (χ0v) is 11.8. The topological polar surface area (TPSA) is 12.9 Å². The van der Waals surface area contributed by atoms with Gasteiger partial charge >= 0.3 is 0 Å². The van der Waals surface area contributed by atoms with Gasteiger partial charge in [0.2, 0.25) is 0 Å². The molecular formula is C16H22ClN. The highest BCUT2D eigenvalue weighted by atomic mass is 35.5. The average molecular weight is 264 g/mol. The third kappa shape index (κ3) is 2.42. The Balaban J connectivity index is 1.60. The number of halogens is 1. The summed E-state index contributed by atoms with van der Waals surface area (Å²) in [4.78, 5) is 4.44. The Morgan fingerprint density at radius 1 is 1.33 bits per heavy atom. The Kier molecular flexibility index (Phi) is 3.61. The second kappa shape index (κ2) is 5.21. The SMILES string of the molecule is CC(c1ccccn1)C(Cl)CC1CC2CCC1C2. The maximum absolute atomic E-state index is 6.64. The highest BCUT2D eigenvalue weighted by molar-refractivity contribution is 6.21. The normalized spacial score (nSPS) is 33.6. The first-order valence-corrected chi connectivity index (χ1v) is 7.72. The van der Waals surface area contributed by atoms with Crippen LogP contribution in [0.1, 0.15) is 50.6 Å². The Morgan fingerprint density at radius 3 is 2.83 bits per heavy atom. The molecule has 0 N–H and O–H groups in total. The summed E-state index contributed by atoms with van der Waals surface area (Å²) in [6.07, 6.45) is 8.89. The fourth-order valence-electron chi connectivity index (χ4n) is 3.99. The lowest BCUT2D eigenvalue weighted by atomic mass is 9.83. The van der Waals surface area contributed by atoms with Gasteiger partial charge in [0.1, 0.15) is 0 Å². The van der Waals surface area contributed by atoms with Crippen LogP contribution < -0.4 is 0 Å². The van der Waals surface area contributed by atoms with Crippen LogP contribution in [0.2, 0.25) is 0 Å². The molecule has 2 fully saturated rings. The second-order valence-electron chi connectivity index (χ2n) is 6.23. The lowest BCUT2D eigenvalue weighted by Gasteiger charge is -2.26. The van der Waals surface area contributed by atoms with Crippen molar-refractivity contribution in [3.05, 3.63) is 30.1 Å². The standard InChI is InChI=1S/C16H22ClN/c1-11(16-4-2-3-7-18-16)15(17)10-14-9-12-5-6-13(14)8-12/h2-4,7,11-15H,5-6,8-10H2,1H3. The fraction of sp³-hybridized carbons (Fsp3) is 0.688. The summed E-state index contributed by atoms with van der Waals surface area (Å²) in [5.74, 6) is 3.26. The zero-order chi connectivity index (χ0) is 12.5. The van der Waals surface area contributed by atoms with E-state index in [9.17, 15) is 0 Å². The predicted molar refractivity (Wildman–Crippen MR) is 75.8 cm³/mol. The third-order valence-electron chi connectivity index (χ3n) is 5.11. The van der Waals surface area contributed by atoms with Crippen LogP contribution in [0.4, 0.5) is 0 Å². The molecule has 0 aliphatic heterocycles. The molecule has 18 heavy (non-hydrogen) atoms. The van der Waals surface area contributed by atoms with Crippen LogP contribution in [0.25, 0.3) is 0 Å². The molecule has 0 spiro atoms. The first kappa shape index (κ1) is 12.5. The van der Waals surface area contributed by atoms with Gasteiger partial charge in [0.15, 0.2) is 0 Å². The summed E-state index contributed by atoms with van der Waals surface area (Å²) in [5, 5.41) is 0.240. The molecule has 98 valence electrons. The number of aromatic nitrogens is 1. The van der Waals surface area contributed by atoms with Crippen molar-refractivity contribution < 1.29 is 0 Å². The van der Waals surface area contributed by atoms with Gasteiger partial charge in [-0.3, -0.25) is 4.98 Å². The molecule has 2 saturated carbocycles. The third-order valence-corrected chi connectivity index (χ3v) is 5.67. The van der Waals surface area contributed by atoms with Crippen molar-refractivity contribution in [1.29, 1.82) is 0 Å². The van der Waals surface area contributed by atoms with Gasteiger partial charge in [-0.15, -0.1) is 11.6 Å². The van der Waals surface area contributed by atoms with E-state index < -0.39 is 0 Å². The second-order valence-corrected chi connectivity index (χ2v) is 6.79. The van der Waals surface area contributed by atoms with E-state index in [0.29, 0.717) is 5.92 Å². The predicted octanol–water partition coefficient (Wildman–Crippen LogP) is 4.62. The molecule has 5 atom stereocenters. The highest BCUT2D eigenvalue weighted by Crippen LogP contribution is 2.50. The number of hydrogen-bond acceptors (Lipinski definition) is 1. The van der Waals surface area contributed by atoms with Crippen molar-refractivity contribution in [2.24, 2.45) is 17.8 Å². The minimum absolute atomic E-state index is 0.240. The van der Waals surface area contributed by atoms with E-state index in [-0.39, 0.29) is 5.38 Å². The first-order valence-electron chi connectivity index (χ1n) is 7.29.